The third-order valence-electron chi connectivity index (χ3n) is 3.29. The second kappa shape index (κ2) is 4.85. The predicted octanol–water partition coefficient (Wildman–Crippen LogP) is 1.32. The Morgan fingerprint density at radius 1 is 1.06 bits per heavy atom. The third-order valence-corrected chi connectivity index (χ3v) is 3.29. The van der Waals surface area contributed by atoms with E-state index >= 15 is 0 Å². The number of hydrogen-bond donors (Lipinski definition) is 2. The van der Waals surface area contributed by atoms with E-state index < -0.39 is 12.2 Å². The van der Waals surface area contributed by atoms with Crippen molar-refractivity contribution >= 4 is 5.69 Å². The zero-order valence-electron chi connectivity index (χ0n) is 9.63. The number of aryl methyl sites for hydroxylation is 1. The first-order valence-corrected chi connectivity index (χ1v) is 5.85. The summed E-state index contributed by atoms with van der Waals surface area (Å²) in [5.41, 5.74) is 2.46. The Balaban J connectivity index is 2.14. The Bertz CT molecular complexity index is 342. The molecule has 1 saturated heterocycles. The lowest BCUT2D eigenvalue weighted by Crippen LogP contribution is -2.25. The maximum Gasteiger partial charge on any atom is 0.0816 e. The lowest BCUT2D eigenvalue weighted by Gasteiger charge is -2.24. The first kappa shape index (κ1) is 11.4. The second-order valence-corrected chi connectivity index (χ2v) is 4.49. The number of benzene rings is 1. The van der Waals surface area contributed by atoms with Crippen molar-refractivity contribution in [3.05, 3.63) is 29.8 Å². The quantitative estimate of drug-likeness (QED) is 0.751. The highest BCUT2D eigenvalue weighted by molar-refractivity contribution is 5.53. The van der Waals surface area contributed by atoms with Gasteiger partial charge in [-0.1, -0.05) is 18.2 Å². The molecule has 2 atom stereocenters. The summed E-state index contributed by atoms with van der Waals surface area (Å²) in [7, 11) is 0. The molecule has 0 radical (unpaired) electrons. The van der Waals surface area contributed by atoms with Gasteiger partial charge in [0.1, 0.15) is 0 Å². The van der Waals surface area contributed by atoms with E-state index in [1.54, 1.807) is 0 Å². The summed E-state index contributed by atoms with van der Waals surface area (Å²) in [5.74, 6) is 0. The van der Waals surface area contributed by atoms with Gasteiger partial charge in [0.25, 0.3) is 0 Å². The van der Waals surface area contributed by atoms with E-state index in [1.807, 2.05) is 12.1 Å². The van der Waals surface area contributed by atoms with Crippen LogP contribution in [0.4, 0.5) is 5.69 Å². The van der Waals surface area contributed by atoms with Crippen LogP contribution >= 0.6 is 0 Å². The highest BCUT2D eigenvalue weighted by Gasteiger charge is 2.23. The Morgan fingerprint density at radius 2 is 1.62 bits per heavy atom. The van der Waals surface area contributed by atoms with Gasteiger partial charge < -0.3 is 15.1 Å². The molecule has 2 rings (SSSR count). The molecule has 0 aliphatic carbocycles. The first-order valence-electron chi connectivity index (χ1n) is 5.85. The number of para-hydroxylation sites is 1. The smallest absolute Gasteiger partial charge is 0.0816 e. The van der Waals surface area contributed by atoms with E-state index in [0.717, 1.165) is 13.1 Å². The number of aliphatic hydroxyl groups excluding tert-OH is 2. The van der Waals surface area contributed by atoms with Crippen LogP contribution in [0.1, 0.15) is 18.4 Å². The summed E-state index contributed by atoms with van der Waals surface area (Å²) in [4.78, 5) is 2.24. The van der Waals surface area contributed by atoms with Gasteiger partial charge in [-0.15, -0.1) is 0 Å². The zero-order chi connectivity index (χ0) is 11.5. The van der Waals surface area contributed by atoms with Crippen molar-refractivity contribution in [1.82, 2.24) is 0 Å². The van der Waals surface area contributed by atoms with Gasteiger partial charge in [0.15, 0.2) is 0 Å². The minimum atomic E-state index is -0.575. The van der Waals surface area contributed by atoms with E-state index in [0.29, 0.717) is 12.8 Å². The van der Waals surface area contributed by atoms with Crippen LogP contribution in [0.3, 0.4) is 0 Å². The molecule has 0 saturated carbocycles. The van der Waals surface area contributed by atoms with Crippen LogP contribution in [0.15, 0.2) is 24.3 Å². The summed E-state index contributed by atoms with van der Waals surface area (Å²) >= 11 is 0. The maximum atomic E-state index is 9.62. The number of aliphatic hydroxyl groups is 2. The lowest BCUT2D eigenvalue weighted by atomic mass is 10.1. The van der Waals surface area contributed by atoms with Gasteiger partial charge in [-0.05, 0) is 31.4 Å². The van der Waals surface area contributed by atoms with Crippen LogP contribution in [-0.2, 0) is 0 Å². The van der Waals surface area contributed by atoms with Gasteiger partial charge in [0, 0.05) is 18.8 Å². The predicted molar refractivity (Wildman–Crippen MR) is 64.6 cm³/mol. The summed E-state index contributed by atoms with van der Waals surface area (Å²) in [5, 5.41) is 19.2. The van der Waals surface area contributed by atoms with Gasteiger partial charge in [0.2, 0.25) is 0 Å². The molecule has 1 aromatic carbocycles. The Kier molecular flexibility index (Phi) is 3.46. The molecule has 0 unspecified atom stereocenters. The molecule has 1 fully saturated rings. The largest absolute Gasteiger partial charge is 0.390 e. The van der Waals surface area contributed by atoms with E-state index in [1.165, 1.54) is 11.3 Å². The summed E-state index contributed by atoms with van der Waals surface area (Å²) in [6, 6.07) is 8.24. The Morgan fingerprint density at radius 3 is 2.19 bits per heavy atom. The Labute approximate surface area is 96.3 Å². The van der Waals surface area contributed by atoms with Gasteiger partial charge in [-0.2, -0.15) is 0 Å². The minimum Gasteiger partial charge on any atom is -0.390 e. The average Bonchev–Trinajstić information content (AvgIpc) is 2.44. The van der Waals surface area contributed by atoms with Gasteiger partial charge in [0.05, 0.1) is 12.2 Å². The van der Waals surface area contributed by atoms with Crippen LogP contribution in [0, 0.1) is 6.92 Å². The van der Waals surface area contributed by atoms with Crippen molar-refractivity contribution in [2.75, 3.05) is 18.0 Å². The van der Waals surface area contributed by atoms with E-state index in [4.69, 9.17) is 0 Å². The van der Waals surface area contributed by atoms with Gasteiger partial charge in [-0.3, -0.25) is 0 Å². The SMILES string of the molecule is Cc1ccccc1N1CC[C@@H](O)[C@@H](O)CC1. The normalized spacial score (nSPS) is 26.6. The summed E-state index contributed by atoms with van der Waals surface area (Å²) in [6.45, 7) is 3.71. The highest BCUT2D eigenvalue weighted by atomic mass is 16.3. The fourth-order valence-electron chi connectivity index (χ4n) is 2.23. The Hall–Kier alpha value is -1.06. The van der Waals surface area contributed by atoms with Crippen molar-refractivity contribution in [3.8, 4) is 0 Å². The average molecular weight is 221 g/mol. The molecule has 3 heteroatoms. The standard InChI is InChI=1S/C13H19NO2/c1-10-4-2-3-5-11(10)14-8-6-12(15)13(16)7-9-14/h2-5,12-13,15-16H,6-9H2,1H3/t12-,13+. The summed E-state index contributed by atoms with van der Waals surface area (Å²) < 4.78 is 0. The maximum absolute atomic E-state index is 9.62. The highest BCUT2D eigenvalue weighted by Crippen LogP contribution is 2.23. The first-order chi connectivity index (χ1) is 7.68. The van der Waals surface area contributed by atoms with E-state index in [2.05, 4.69) is 24.0 Å². The van der Waals surface area contributed by atoms with Crippen molar-refractivity contribution < 1.29 is 10.2 Å². The number of hydrogen-bond acceptors (Lipinski definition) is 3. The van der Waals surface area contributed by atoms with Crippen LogP contribution in [0.25, 0.3) is 0 Å². The van der Waals surface area contributed by atoms with Crippen molar-refractivity contribution in [1.29, 1.82) is 0 Å². The molecular weight excluding hydrogens is 202 g/mol. The monoisotopic (exact) mass is 221 g/mol. The molecule has 1 heterocycles. The van der Waals surface area contributed by atoms with E-state index in [9.17, 15) is 10.2 Å². The molecular formula is C13H19NO2. The fraction of sp³-hybridized carbons (Fsp3) is 0.538. The second-order valence-electron chi connectivity index (χ2n) is 4.49. The molecule has 2 N–H and O–H groups in total. The lowest BCUT2D eigenvalue weighted by molar-refractivity contribution is 0.0187. The van der Waals surface area contributed by atoms with E-state index in [-0.39, 0.29) is 0 Å². The number of anilines is 1. The molecule has 88 valence electrons. The van der Waals surface area contributed by atoms with Gasteiger partial charge >= 0.3 is 0 Å². The molecule has 1 aliphatic heterocycles. The number of nitrogens with zero attached hydrogens (tertiary/aromatic N) is 1. The van der Waals surface area contributed by atoms with Crippen LogP contribution < -0.4 is 4.90 Å². The molecule has 1 aliphatic rings. The topological polar surface area (TPSA) is 43.7 Å². The van der Waals surface area contributed by atoms with Gasteiger partial charge in [-0.25, -0.2) is 0 Å². The summed E-state index contributed by atoms with van der Waals surface area (Å²) in [6.07, 6.45) is 0.119. The fourth-order valence-corrected chi connectivity index (χ4v) is 2.23. The molecule has 0 amide bonds. The van der Waals surface area contributed by atoms with Crippen molar-refractivity contribution in [2.24, 2.45) is 0 Å². The number of rotatable bonds is 1. The minimum absolute atomic E-state index is 0.575. The molecule has 3 nitrogen and oxygen atoms in total. The molecule has 16 heavy (non-hydrogen) atoms. The van der Waals surface area contributed by atoms with Crippen molar-refractivity contribution in [3.63, 3.8) is 0 Å². The molecule has 0 aromatic heterocycles. The van der Waals surface area contributed by atoms with Crippen LogP contribution in [-0.4, -0.2) is 35.5 Å². The van der Waals surface area contributed by atoms with Crippen LogP contribution in [0.5, 0.6) is 0 Å². The van der Waals surface area contributed by atoms with Crippen LogP contribution in [0.2, 0.25) is 0 Å². The van der Waals surface area contributed by atoms with Crippen molar-refractivity contribution in [2.45, 2.75) is 32.0 Å². The molecule has 0 spiro atoms. The third kappa shape index (κ3) is 2.36. The molecule has 1 aromatic rings. The zero-order valence-corrected chi connectivity index (χ0v) is 9.63. The molecule has 0 bridgehead atoms.